The van der Waals surface area contributed by atoms with Crippen molar-refractivity contribution in [3.8, 4) is 11.5 Å². The van der Waals surface area contributed by atoms with Gasteiger partial charge in [0.05, 0.1) is 20.3 Å². The van der Waals surface area contributed by atoms with E-state index in [0.29, 0.717) is 6.04 Å². The fourth-order valence-corrected chi connectivity index (χ4v) is 4.85. The maximum Gasteiger partial charge on any atom is 0.161 e. The Morgan fingerprint density at radius 2 is 1.79 bits per heavy atom. The Morgan fingerprint density at radius 1 is 1.04 bits per heavy atom. The molecule has 24 heavy (non-hydrogen) atoms. The van der Waals surface area contributed by atoms with Gasteiger partial charge in [-0.05, 0) is 30.5 Å². The topological polar surface area (TPSA) is 40.2 Å². The molecule has 0 saturated carbocycles. The molecule has 3 unspecified atom stereocenters. The van der Waals surface area contributed by atoms with E-state index in [9.17, 15) is 0 Å². The highest BCUT2D eigenvalue weighted by Crippen LogP contribution is 2.56. The molecule has 5 heteroatoms. The second kappa shape index (κ2) is 5.76. The minimum Gasteiger partial charge on any atom is -0.493 e. The van der Waals surface area contributed by atoms with Crippen LogP contribution in [-0.2, 0) is 14.9 Å². The Balaban J connectivity index is 1.92. The van der Waals surface area contributed by atoms with Crippen molar-refractivity contribution in [2.45, 2.75) is 36.6 Å². The molecule has 0 radical (unpaired) electrons. The molecule has 0 amide bonds. The number of nitrogens with zero attached hydrogens (tertiary/aromatic N) is 1. The minimum absolute atomic E-state index is 0.0128. The Kier molecular flexibility index (Phi) is 3.82. The van der Waals surface area contributed by atoms with Gasteiger partial charge in [-0.25, -0.2) is 0 Å². The van der Waals surface area contributed by atoms with Gasteiger partial charge >= 0.3 is 0 Å². The molecule has 1 saturated heterocycles. The summed E-state index contributed by atoms with van der Waals surface area (Å²) in [4.78, 5) is 2.48. The largest absolute Gasteiger partial charge is 0.493 e. The summed E-state index contributed by atoms with van der Waals surface area (Å²) in [5.74, 6) is 1.53. The van der Waals surface area contributed by atoms with Crippen molar-refractivity contribution in [3.05, 3.63) is 35.4 Å². The van der Waals surface area contributed by atoms with E-state index < -0.39 is 0 Å². The highest BCUT2D eigenvalue weighted by atomic mass is 16.5. The molecule has 0 N–H and O–H groups in total. The standard InChI is InChI=1S/C19H25NO4/c1-21-12-5-6-19-7-8-20(17(19)9-12)18(24-4)13-10-15(22-2)16(23-3)11-14(13)19/h5-6,10-12,17-18H,7-9H2,1-4H3/t12-,17?,18?,19+/m1/s1. The monoisotopic (exact) mass is 331 g/mol. The summed E-state index contributed by atoms with van der Waals surface area (Å²) in [7, 11) is 6.93. The van der Waals surface area contributed by atoms with Crippen LogP contribution in [0.1, 0.15) is 30.2 Å². The molecule has 5 atom stereocenters. The average molecular weight is 331 g/mol. The summed E-state index contributed by atoms with van der Waals surface area (Å²) in [5, 5.41) is 0. The molecule has 4 rings (SSSR count). The van der Waals surface area contributed by atoms with E-state index in [1.807, 2.05) is 0 Å². The van der Waals surface area contributed by atoms with E-state index in [1.54, 1.807) is 28.4 Å². The van der Waals surface area contributed by atoms with Crippen LogP contribution in [-0.4, -0.2) is 52.0 Å². The van der Waals surface area contributed by atoms with Crippen LogP contribution >= 0.6 is 0 Å². The number of hydrogen-bond acceptors (Lipinski definition) is 5. The third-order valence-corrected chi connectivity index (χ3v) is 5.99. The predicted octanol–water partition coefficient (Wildman–Crippen LogP) is 2.65. The Labute approximate surface area is 143 Å². The van der Waals surface area contributed by atoms with Crippen molar-refractivity contribution in [3.63, 3.8) is 0 Å². The quantitative estimate of drug-likeness (QED) is 0.793. The lowest BCUT2D eigenvalue weighted by Gasteiger charge is -2.48. The van der Waals surface area contributed by atoms with Crippen LogP contribution in [0.5, 0.6) is 11.5 Å². The maximum absolute atomic E-state index is 5.90. The molecule has 130 valence electrons. The van der Waals surface area contributed by atoms with Crippen LogP contribution in [0, 0.1) is 0 Å². The number of fused-ring (bicyclic) bond motifs is 1. The van der Waals surface area contributed by atoms with Crippen LogP contribution in [0.25, 0.3) is 0 Å². The number of benzene rings is 1. The lowest BCUT2D eigenvalue weighted by molar-refractivity contribution is -0.0668. The molecule has 0 aromatic heterocycles. The van der Waals surface area contributed by atoms with Gasteiger partial charge in [0.1, 0.15) is 6.23 Å². The van der Waals surface area contributed by atoms with E-state index in [-0.39, 0.29) is 17.7 Å². The van der Waals surface area contributed by atoms with E-state index in [0.717, 1.165) is 30.9 Å². The molecule has 1 aromatic carbocycles. The zero-order chi connectivity index (χ0) is 16.9. The number of methoxy groups -OCH3 is 4. The predicted molar refractivity (Wildman–Crippen MR) is 90.6 cm³/mol. The van der Waals surface area contributed by atoms with Gasteiger partial charge in [0.2, 0.25) is 0 Å². The van der Waals surface area contributed by atoms with Gasteiger partial charge in [-0.1, -0.05) is 12.2 Å². The molecule has 1 fully saturated rings. The number of rotatable bonds is 4. The first-order valence-electron chi connectivity index (χ1n) is 8.45. The normalized spacial score (nSPS) is 36.2. The van der Waals surface area contributed by atoms with E-state index in [1.165, 1.54) is 11.1 Å². The molecule has 1 aliphatic carbocycles. The lowest BCUT2D eigenvalue weighted by Crippen LogP contribution is -2.51. The summed E-state index contributed by atoms with van der Waals surface area (Å²) in [6, 6.07) is 4.62. The molecule has 2 aliphatic heterocycles. The number of hydrogen-bond donors (Lipinski definition) is 0. The Morgan fingerprint density at radius 3 is 2.46 bits per heavy atom. The average Bonchev–Trinajstić information content (AvgIpc) is 2.95. The first kappa shape index (κ1) is 15.9. The molecule has 2 heterocycles. The first-order valence-corrected chi connectivity index (χ1v) is 8.45. The van der Waals surface area contributed by atoms with Crippen LogP contribution in [0.4, 0.5) is 0 Å². The summed E-state index contributed by atoms with van der Waals surface area (Å²) < 4.78 is 22.6. The van der Waals surface area contributed by atoms with Crippen molar-refractivity contribution in [1.82, 2.24) is 4.90 Å². The smallest absolute Gasteiger partial charge is 0.161 e. The van der Waals surface area contributed by atoms with Crippen LogP contribution < -0.4 is 9.47 Å². The zero-order valence-electron chi connectivity index (χ0n) is 14.7. The molecule has 3 aliphatic rings. The van der Waals surface area contributed by atoms with E-state index in [4.69, 9.17) is 18.9 Å². The Hall–Kier alpha value is -1.56. The summed E-state index contributed by atoms with van der Waals surface area (Å²) >= 11 is 0. The Bertz CT molecular complexity index is 674. The zero-order valence-corrected chi connectivity index (χ0v) is 14.7. The SMILES string of the molecule is COc1cc2c(cc1OC)[C@@]13C=C[C@@H](OC)CC1N(CC3)C2OC. The van der Waals surface area contributed by atoms with Gasteiger partial charge in [-0.3, -0.25) is 4.90 Å². The van der Waals surface area contributed by atoms with E-state index in [2.05, 4.69) is 29.2 Å². The third kappa shape index (κ3) is 1.98. The second-order valence-corrected chi connectivity index (χ2v) is 6.80. The van der Waals surface area contributed by atoms with Gasteiger partial charge in [0.25, 0.3) is 0 Å². The van der Waals surface area contributed by atoms with E-state index >= 15 is 0 Å². The third-order valence-electron chi connectivity index (χ3n) is 5.99. The molecule has 5 nitrogen and oxygen atoms in total. The highest BCUT2D eigenvalue weighted by molar-refractivity contribution is 5.56. The molecule has 2 bridgehead atoms. The molecular weight excluding hydrogens is 306 g/mol. The van der Waals surface area contributed by atoms with Gasteiger partial charge in [0, 0.05) is 37.8 Å². The lowest BCUT2D eigenvalue weighted by atomic mass is 9.66. The molecule has 1 aromatic rings. The van der Waals surface area contributed by atoms with Gasteiger partial charge < -0.3 is 18.9 Å². The fraction of sp³-hybridized carbons (Fsp3) is 0.579. The highest BCUT2D eigenvalue weighted by Gasteiger charge is 2.56. The summed E-state index contributed by atoms with van der Waals surface area (Å²) in [6.07, 6.45) is 6.76. The van der Waals surface area contributed by atoms with Crippen LogP contribution in [0.2, 0.25) is 0 Å². The van der Waals surface area contributed by atoms with Crippen LogP contribution in [0.15, 0.2) is 24.3 Å². The van der Waals surface area contributed by atoms with Crippen molar-refractivity contribution in [2.24, 2.45) is 0 Å². The molecular formula is C19H25NO4. The second-order valence-electron chi connectivity index (χ2n) is 6.80. The minimum atomic E-state index is -0.0514. The van der Waals surface area contributed by atoms with Gasteiger partial charge in [0.15, 0.2) is 11.5 Å². The van der Waals surface area contributed by atoms with Crippen molar-refractivity contribution >= 4 is 0 Å². The van der Waals surface area contributed by atoms with Gasteiger partial charge in [-0.15, -0.1) is 0 Å². The first-order chi connectivity index (χ1) is 11.7. The number of ether oxygens (including phenoxy) is 4. The van der Waals surface area contributed by atoms with Crippen LogP contribution in [0.3, 0.4) is 0 Å². The fourth-order valence-electron chi connectivity index (χ4n) is 4.85. The molecule has 0 spiro atoms. The van der Waals surface area contributed by atoms with Crippen molar-refractivity contribution < 1.29 is 18.9 Å². The van der Waals surface area contributed by atoms with Crippen molar-refractivity contribution in [2.75, 3.05) is 35.0 Å². The summed E-state index contributed by atoms with van der Waals surface area (Å²) in [5.41, 5.74) is 2.50. The van der Waals surface area contributed by atoms with Gasteiger partial charge in [-0.2, -0.15) is 0 Å². The maximum atomic E-state index is 5.90. The van der Waals surface area contributed by atoms with Crippen molar-refractivity contribution in [1.29, 1.82) is 0 Å². The summed E-state index contributed by atoms with van der Waals surface area (Å²) in [6.45, 7) is 1.02.